The number of methoxy groups -OCH3 is 1. The van der Waals surface area contributed by atoms with Crippen molar-refractivity contribution in [3.05, 3.63) is 103 Å². The van der Waals surface area contributed by atoms with Crippen LogP contribution in [0.4, 0.5) is 0 Å². The van der Waals surface area contributed by atoms with E-state index < -0.39 is 11.6 Å². The Morgan fingerprint density at radius 3 is 2.50 bits per heavy atom. The van der Waals surface area contributed by atoms with Crippen molar-refractivity contribution in [2.75, 3.05) is 7.11 Å². The number of carbonyl (C=O) groups excluding carboxylic acids is 1. The third-order valence-corrected chi connectivity index (χ3v) is 3.92. The molecule has 1 unspecified atom stereocenters. The van der Waals surface area contributed by atoms with Crippen molar-refractivity contribution in [1.29, 1.82) is 0 Å². The Kier molecular flexibility index (Phi) is 6.53. The molecule has 4 nitrogen and oxygen atoms in total. The summed E-state index contributed by atoms with van der Waals surface area (Å²) in [7, 11) is 1.22. The minimum Gasteiger partial charge on any atom is -0.489 e. The highest BCUT2D eigenvalue weighted by atomic mass is 16.5. The molecule has 4 heteroatoms. The lowest BCUT2D eigenvalue weighted by molar-refractivity contribution is -0.159. The second kappa shape index (κ2) is 8.83. The fraction of sp³-hybridized carbons (Fsp3) is 0.136. The van der Waals surface area contributed by atoms with Crippen molar-refractivity contribution in [3.63, 3.8) is 0 Å². The van der Waals surface area contributed by atoms with E-state index in [2.05, 4.69) is 13.2 Å². The van der Waals surface area contributed by atoms with Crippen molar-refractivity contribution in [3.8, 4) is 5.75 Å². The number of allylic oxidation sites excluding steroid dienone is 2. The van der Waals surface area contributed by atoms with E-state index in [0.29, 0.717) is 17.9 Å². The third-order valence-electron chi connectivity index (χ3n) is 3.92. The van der Waals surface area contributed by atoms with Gasteiger partial charge in [0, 0.05) is 5.56 Å². The zero-order valence-corrected chi connectivity index (χ0v) is 14.7. The first-order chi connectivity index (χ1) is 12.6. The van der Waals surface area contributed by atoms with Gasteiger partial charge in [-0.2, -0.15) is 0 Å². The fourth-order valence-corrected chi connectivity index (χ4v) is 2.57. The van der Waals surface area contributed by atoms with Crippen molar-refractivity contribution in [1.82, 2.24) is 0 Å². The molecule has 2 rings (SSSR count). The summed E-state index contributed by atoms with van der Waals surface area (Å²) < 4.78 is 10.6. The standard InChI is InChI=1S/C22H22O4/c1-4-10-18(5-2)22(24,21(23)25-3)19-13-9-14-20(15-19)26-16-17-11-7-6-8-12-17/h4-15,24H,1-2,16H2,3H3/b18-10+. The smallest absolute Gasteiger partial charge is 0.347 e. The molecule has 2 aromatic carbocycles. The lowest BCUT2D eigenvalue weighted by Gasteiger charge is -2.27. The zero-order chi connectivity index (χ0) is 19.0. The van der Waals surface area contributed by atoms with E-state index in [0.717, 1.165) is 5.56 Å². The molecular weight excluding hydrogens is 328 g/mol. The van der Waals surface area contributed by atoms with E-state index in [1.165, 1.54) is 25.3 Å². The first-order valence-electron chi connectivity index (χ1n) is 8.10. The van der Waals surface area contributed by atoms with Gasteiger partial charge in [0.2, 0.25) is 5.60 Å². The summed E-state index contributed by atoms with van der Waals surface area (Å²) in [5.74, 6) is -0.290. The molecule has 0 saturated heterocycles. The van der Waals surface area contributed by atoms with Crippen molar-refractivity contribution in [2.45, 2.75) is 12.2 Å². The van der Waals surface area contributed by atoms with Gasteiger partial charge < -0.3 is 14.6 Å². The quantitative estimate of drug-likeness (QED) is 0.579. The van der Waals surface area contributed by atoms with Crippen molar-refractivity contribution < 1.29 is 19.4 Å². The first-order valence-corrected chi connectivity index (χ1v) is 8.10. The Labute approximate surface area is 153 Å². The molecule has 0 amide bonds. The van der Waals surface area contributed by atoms with Gasteiger partial charge in [0.1, 0.15) is 12.4 Å². The van der Waals surface area contributed by atoms with E-state index in [-0.39, 0.29) is 5.57 Å². The van der Waals surface area contributed by atoms with Gasteiger partial charge in [0.05, 0.1) is 7.11 Å². The lowest BCUT2D eigenvalue weighted by atomic mass is 9.85. The minimum atomic E-state index is -2.00. The van der Waals surface area contributed by atoms with E-state index in [1.54, 1.807) is 24.3 Å². The molecular formula is C22H22O4. The van der Waals surface area contributed by atoms with Gasteiger partial charge in [-0.15, -0.1) is 0 Å². The second-order valence-corrected chi connectivity index (χ2v) is 5.57. The Hall–Kier alpha value is -3.11. The number of ether oxygens (including phenoxy) is 2. The number of carbonyl (C=O) groups is 1. The summed E-state index contributed by atoms with van der Waals surface area (Å²) in [6.07, 6.45) is 4.39. The molecule has 26 heavy (non-hydrogen) atoms. The van der Waals surface area contributed by atoms with Crippen LogP contribution in [0, 0.1) is 0 Å². The largest absolute Gasteiger partial charge is 0.489 e. The highest BCUT2D eigenvalue weighted by Gasteiger charge is 2.42. The van der Waals surface area contributed by atoms with Gasteiger partial charge in [-0.25, -0.2) is 4.79 Å². The molecule has 0 aliphatic rings. The van der Waals surface area contributed by atoms with Crippen molar-refractivity contribution >= 4 is 5.97 Å². The summed E-state index contributed by atoms with van der Waals surface area (Å²) in [5.41, 5.74) is -0.404. The van der Waals surface area contributed by atoms with Gasteiger partial charge >= 0.3 is 5.97 Å². The molecule has 0 fully saturated rings. The van der Waals surface area contributed by atoms with Crippen molar-refractivity contribution in [2.24, 2.45) is 0 Å². The summed E-state index contributed by atoms with van der Waals surface area (Å²) in [6, 6.07) is 16.4. The molecule has 0 radical (unpaired) electrons. The maximum Gasteiger partial charge on any atom is 0.347 e. The monoisotopic (exact) mass is 350 g/mol. The van der Waals surface area contributed by atoms with Gasteiger partial charge in [-0.1, -0.05) is 73.9 Å². The number of hydrogen-bond acceptors (Lipinski definition) is 4. The maximum absolute atomic E-state index is 12.4. The Morgan fingerprint density at radius 1 is 1.15 bits per heavy atom. The van der Waals surface area contributed by atoms with Gasteiger partial charge in [0.15, 0.2) is 0 Å². The van der Waals surface area contributed by atoms with Crippen LogP contribution >= 0.6 is 0 Å². The topological polar surface area (TPSA) is 55.8 Å². The third kappa shape index (κ3) is 4.10. The highest BCUT2D eigenvalue weighted by molar-refractivity contribution is 5.86. The maximum atomic E-state index is 12.4. The molecule has 1 N–H and O–H groups in total. The number of hydrogen-bond donors (Lipinski definition) is 1. The molecule has 2 aromatic rings. The van der Waals surface area contributed by atoms with E-state index in [4.69, 9.17) is 9.47 Å². The predicted octanol–water partition coefficient (Wildman–Crippen LogP) is 3.92. The molecule has 0 aromatic heterocycles. The van der Waals surface area contributed by atoms with E-state index in [9.17, 15) is 9.90 Å². The minimum absolute atomic E-state index is 0.263. The summed E-state index contributed by atoms with van der Waals surface area (Å²) >= 11 is 0. The Bertz CT molecular complexity index is 808. The van der Waals surface area contributed by atoms with Crippen LogP contribution in [0.2, 0.25) is 0 Å². The van der Waals surface area contributed by atoms with Crippen LogP contribution in [-0.2, 0) is 21.7 Å². The summed E-state index contributed by atoms with van der Waals surface area (Å²) in [5, 5.41) is 11.1. The number of aliphatic hydroxyl groups is 1. The molecule has 0 spiro atoms. The average Bonchev–Trinajstić information content (AvgIpc) is 2.70. The Balaban J connectivity index is 2.37. The number of benzene rings is 2. The van der Waals surface area contributed by atoms with Crippen LogP contribution in [0.15, 0.2) is 91.6 Å². The van der Waals surface area contributed by atoms with Crippen LogP contribution in [0.5, 0.6) is 5.75 Å². The molecule has 0 bridgehead atoms. The normalized spacial score (nSPS) is 13.4. The van der Waals surface area contributed by atoms with E-state index >= 15 is 0 Å². The van der Waals surface area contributed by atoms with Crippen LogP contribution in [0.1, 0.15) is 11.1 Å². The van der Waals surface area contributed by atoms with Crippen LogP contribution in [-0.4, -0.2) is 18.2 Å². The lowest BCUT2D eigenvalue weighted by Crippen LogP contribution is -2.38. The van der Waals surface area contributed by atoms with Crippen LogP contribution < -0.4 is 4.74 Å². The zero-order valence-electron chi connectivity index (χ0n) is 14.7. The van der Waals surface area contributed by atoms with E-state index in [1.807, 2.05) is 30.3 Å². The Morgan fingerprint density at radius 2 is 1.88 bits per heavy atom. The number of esters is 1. The molecule has 1 atom stereocenters. The molecule has 0 heterocycles. The average molecular weight is 350 g/mol. The SMILES string of the molecule is C=C/C=C(\C=C)C(O)(C(=O)OC)c1cccc(OCc2ccccc2)c1. The van der Waals surface area contributed by atoms with Gasteiger partial charge in [-0.05, 0) is 23.3 Å². The summed E-state index contributed by atoms with van der Waals surface area (Å²) in [6.45, 7) is 7.65. The van der Waals surface area contributed by atoms with Crippen LogP contribution in [0.25, 0.3) is 0 Å². The van der Waals surface area contributed by atoms with Gasteiger partial charge in [0.25, 0.3) is 0 Å². The molecule has 0 aliphatic carbocycles. The molecule has 0 saturated carbocycles. The van der Waals surface area contributed by atoms with Gasteiger partial charge in [-0.3, -0.25) is 0 Å². The highest BCUT2D eigenvalue weighted by Crippen LogP contribution is 2.34. The van der Waals surface area contributed by atoms with Crippen LogP contribution in [0.3, 0.4) is 0 Å². The molecule has 134 valence electrons. The second-order valence-electron chi connectivity index (χ2n) is 5.57. The molecule has 0 aliphatic heterocycles. The fourth-order valence-electron chi connectivity index (χ4n) is 2.57. The summed E-state index contributed by atoms with van der Waals surface area (Å²) in [4.78, 5) is 12.4. The first kappa shape index (κ1) is 19.2. The predicted molar refractivity (Wildman–Crippen MR) is 102 cm³/mol. The number of rotatable bonds is 8.